The molecule has 0 fully saturated rings. The van der Waals surface area contributed by atoms with Crippen LogP contribution in [0.1, 0.15) is 24.1 Å². The number of rotatable bonds is 8. The number of hydrogen-bond acceptors (Lipinski definition) is 4. The van der Waals surface area contributed by atoms with Gasteiger partial charge in [0, 0.05) is 19.1 Å². The van der Waals surface area contributed by atoms with Crippen molar-refractivity contribution in [2.24, 2.45) is 0 Å². The molecule has 0 saturated carbocycles. The summed E-state index contributed by atoms with van der Waals surface area (Å²) in [7, 11) is 1.68. The van der Waals surface area contributed by atoms with Crippen LogP contribution in [0, 0.1) is 0 Å². The average Bonchev–Trinajstić information content (AvgIpc) is 2.90. The Kier molecular flexibility index (Phi) is 5.63. The zero-order valence-electron chi connectivity index (χ0n) is 11.8. The van der Waals surface area contributed by atoms with Crippen molar-refractivity contribution < 1.29 is 14.2 Å². The summed E-state index contributed by atoms with van der Waals surface area (Å²) in [5.41, 5.74) is 2.51. The Labute approximate surface area is 115 Å². The maximum Gasteiger partial charge on any atom is 0.127 e. The molecule has 1 unspecified atom stereocenters. The van der Waals surface area contributed by atoms with Gasteiger partial charge in [0.1, 0.15) is 5.75 Å². The molecule has 4 heteroatoms. The maximum atomic E-state index is 5.76. The highest BCUT2D eigenvalue weighted by Gasteiger charge is 2.21. The highest BCUT2D eigenvalue weighted by atomic mass is 16.5. The van der Waals surface area contributed by atoms with Crippen molar-refractivity contribution in [3.63, 3.8) is 0 Å². The number of para-hydroxylation sites is 1. The molecule has 19 heavy (non-hydrogen) atoms. The number of methoxy groups -OCH3 is 1. The first-order chi connectivity index (χ1) is 9.36. The molecule has 0 radical (unpaired) electrons. The predicted octanol–water partition coefficient (Wildman–Crippen LogP) is 1.94. The SMILES string of the molecule is CCNC(COCCOC)c1cccc2c1OCC2. The highest BCUT2D eigenvalue weighted by Crippen LogP contribution is 2.33. The van der Waals surface area contributed by atoms with E-state index in [2.05, 4.69) is 30.4 Å². The van der Waals surface area contributed by atoms with Crippen molar-refractivity contribution in [3.8, 4) is 5.75 Å². The molecule has 0 bridgehead atoms. The lowest BCUT2D eigenvalue weighted by Gasteiger charge is -2.20. The zero-order valence-corrected chi connectivity index (χ0v) is 11.8. The monoisotopic (exact) mass is 265 g/mol. The van der Waals surface area contributed by atoms with Gasteiger partial charge >= 0.3 is 0 Å². The molecule has 106 valence electrons. The first-order valence-corrected chi connectivity index (χ1v) is 6.91. The minimum absolute atomic E-state index is 0.176. The van der Waals surface area contributed by atoms with E-state index in [1.807, 2.05) is 0 Å². The second-order valence-corrected chi connectivity index (χ2v) is 4.61. The fraction of sp³-hybridized carbons (Fsp3) is 0.600. The molecule has 1 N–H and O–H groups in total. The Balaban J connectivity index is 2.04. The van der Waals surface area contributed by atoms with E-state index >= 15 is 0 Å². The molecule has 0 saturated heterocycles. The summed E-state index contributed by atoms with van der Waals surface area (Å²) < 4.78 is 16.4. The molecule has 0 aromatic heterocycles. The molecule has 4 nitrogen and oxygen atoms in total. The molecule has 0 aliphatic carbocycles. The Morgan fingerprint density at radius 3 is 3.05 bits per heavy atom. The molecule has 0 amide bonds. The Hall–Kier alpha value is -1.10. The quantitative estimate of drug-likeness (QED) is 0.729. The van der Waals surface area contributed by atoms with Crippen molar-refractivity contribution in [1.29, 1.82) is 0 Å². The third-order valence-corrected chi connectivity index (χ3v) is 3.29. The molecule has 1 aliphatic heterocycles. The predicted molar refractivity (Wildman–Crippen MR) is 74.8 cm³/mol. The van der Waals surface area contributed by atoms with Gasteiger partial charge < -0.3 is 19.5 Å². The average molecular weight is 265 g/mol. The molecule has 1 aromatic rings. The van der Waals surface area contributed by atoms with Gasteiger partial charge in [-0.1, -0.05) is 25.1 Å². The van der Waals surface area contributed by atoms with E-state index in [0.717, 1.165) is 25.3 Å². The first kappa shape index (κ1) is 14.3. The van der Waals surface area contributed by atoms with E-state index in [-0.39, 0.29) is 6.04 Å². The number of benzene rings is 1. The molecular weight excluding hydrogens is 242 g/mol. The van der Waals surface area contributed by atoms with Crippen LogP contribution in [0.3, 0.4) is 0 Å². The van der Waals surface area contributed by atoms with Crippen LogP contribution in [0.5, 0.6) is 5.75 Å². The molecule has 2 rings (SSSR count). The summed E-state index contributed by atoms with van der Waals surface area (Å²) >= 11 is 0. The van der Waals surface area contributed by atoms with Crippen molar-refractivity contribution in [2.75, 3.05) is 40.1 Å². The van der Waals surface area contributed by atoms with Crippen LogP contribution < -0.4 is 10.1 Å². The Morgan fingerprint density at radius 2 is 2.26 bits per heavy atom. The lowest BCUT2D eigenvalue weighted by Crippen LogP contribution is -2.26. The van der Waals surface area contributed by atoms with Crippen LogP contribution in [-0.2, 0) is 15.9 Å². The summed E-state index contributed by atoms with van der Waals surface area (Å²) in [5.74, 6) is 1.05. The molecule has 1 heterocycles. The number of hydrogen-bond donors (Lipinski definition) is 1. The van der Waals surface area contributed by atoms with E-state index in [4.69, 9.17) is 14.2 Å². The van der Waals surface area contributed by atoms with E-state index < -0.39 is 0 Å². The normalized spacial score (nSPS) is 15.1. The number of ether oxygens (including phenoxy) is 3. The lowest BCUT2D eigenvalue weighted by molar-refractivity contribution is 0.0584. The third kappa shape index (κ3) is 3.69. The van der Waals surface area contributed by atoms with Crippen molar-refractivity contribution >= 4 is 0 Å². The van der Waals surface area contributed by atoms with Crippen LogP contribution in [0.15, 0.2) is 18.2 Å². The molecule has 1 aromatic carbocycles. The van der Waals surface area contributed by atoms with Crippen LogP contribution in [0.25, 0.3) is 0 Å². The minimum atomic E-state index is 0.176. The van der Waals surface area contributed by atoms with Crippen LogP contribution in [0.4, 0.5) is 0 Å². The Morgan fingerprint density at radius 1 is 1.37 bits per heavy atom. The Bertz CT molecular complexity index is 395. The van der Waals surface area contributed by atoms with Gasteiger partial charge in [-0.3, -0.25) is 0 Å². The zero-order chi connectivity index (χ0) is 13.5. The first-order valence-electron chi connectivity index (χ1n) is 6.91. The second kappa shape index (κ2) is 7.48. The largest absolute Gasteiger partial charge is 0.493 e. The fourth-order valence-electron chi connectivity index (χ4n) is 2.36. The summed E-state index contributed by atoms with van der Waals surface area (Å²) in [6.07, 6.45) is 1.01. The second-order valence-electron chi connectivity index (χ2n) is 4.61. The summed E-state index contributed by atoms with van der Waals surface area (Å²) in [5, 5.41) is 3.46. The van der Waals surface area contributed by atoms with Gasteiger partial charge in [0.25, 0.3) is 0 Å². The summed E-state index contributed by atoms with van der Waals surface area (Å²) in [6, 6.07) is 6.54. The molecule has 1 aliphatic rings. The van der Waals surface area contributed by atoms with Crippen molar-refractivity contribution in [1.82, 2.24) is 5.32 Å². The van der Waals surface area contributed by atoms with E-state index in [1.165, 1.54) is 11.1 Å². The summed E-state index contributed by atoms with van der Waals surface area (Å²) in [4.78, 5) is 0. The van der Waals surface area contributed by atoms with Crippen LogP contribution in [-0.4, -0.2) is 40.1 Å². The smallest absolute Gasteiger partial charge is 0.127 e. The van der Waals surface area contributed by atoms with E-state index in [0.29, 0.717) is 19.8 Å². The van der Waals surface area contributed by atoms with Gasteiger partial charge in [-0.05, 0) is 12.1 Å². The highest BCUT2D eigenvalue weighted by molar-refractivity contribution is 5.45. The van der Waals surface area contributed by atoms with Crippen molar-refractivity contribution in [2.45, 2.75) is 19.4 Å². The standard InChI is InChI=1S/C15H23NO3/c1-3-16-14(11-18-10-9-17-2)13-6-4-5-12-7-8-19-15(12)13/h4-6,14,16H,3,7-11H2,1-2H3. The molecule has 1 atom stereocenters. The van der Waals surface area contributed by atoms with Gasteiger partial charge in [-0.15, -0.1) is 0 Å². The summed E-state index contributed by atoms with van der Waals surface area (Å²) in [6.45, 7) is 5.68. The molecular formula is C15H23NO3. The number of nitrogens with one attached hydrogen (secondary N) is 1. The van der Waals surface area contributed by atoms with Crippen molar-refractivity contribution in [3.05, 3.63) is 29.3 Å². The minimum Gasteiger partial charge on any atom is -0.493 e. The topological polar surface area (TPSA) is 39.7 Å². The number of fused-ring (bicyclic) bond motifs is 1. The van der Waals surface area contributed by atoms with Gasteiger partial charge in [-0.25, -0.2) is 0 Å². The lowest BCUT2D eigenvalue weighted by atomic mass is 10.0. The van der Waals surface area contributed by atoms with E-state index in [1.54, 1.807) is 7.11 Å². The van der Waals surface area contributed by atoms with Gasteiger partial charge in [0.05, 0.1) is 32.5 Å². The maximum absolute atomic E-state index is 5.76. The van der Waals surface area contributed by atoms with Gasteiger partial charge in [-0.2, -0.15) is 0 Å². The third-order valence-electron chi connectivity index (χ3n) is 3.29. The number of likely N-dealkylation sites (N-methyl/N-ethyl adjacent to an activating group) is 1. The van der Waals surface area contributed by atoms with Gasteiger partial charge in [0.15, 0.2) is 0 Å². The molecule has 0 spiro atoms. The van der Waals surface area contributed by atoms with Crippen LogP contribution >= 0.6 is 0 Å². The van der Waals surface area contributed by atoms with Gasteiger partial charge in [0.2, 0.25) is 0 Å². The fourth-order valence-corrected chi connectivity index (χ4v) is 2.36. The van der Waals surface area contributed by atoms with Crippen LogP contribution in [0.2, 0.25) is 0 Å². The van der Waals surface area contributed by atoms with E-state index in [9.17, 15) is 0 Å².